The van der Waals surface area contributed by atoms with Crippen molar-refractivity contribution in [1.29, 1.82) is 0 Å². The van der Waals surface area contributed by atoms with E-state index in [4.69, 9.17) is 4.42 Å². The van der Waals surface area contributed by atoms with E-state index >= 15 is 0 Å². The number of hydrogen-bond acceptors (Lipinski definition) is 6. The molecule has 0 aliphatic carbocycles. The lowest BCUT2D eigenvalue weighted by Crippen LogP contribution is -2.00. The minimum Gasteiger partial charge on any atom is -0.413 e. The van der Waals surface area contributed by atoms with Gasteiger partial charge >= 0.3 is 0 Å². The number of anilines is 2. The van der Waals surface area contributed by atoms with Gasteiger partial charge in [-0.3, -0.25) is 0 Å². The number of aromatic nitrogens is 4. The van der Waals surface area contributed by atoms with Crippen molar-refractivity contribution in [2.45, 2.75) is 13.8 Å². The topological polar surface area (TPSA) is 76.7 Å². The molecule has 0 radical (unpaired) electrons. The summed E-state index contributed by atoms with van der Waals surface area (Å²) in [5.74, 6) is 1.09. The Morgan fingerprint density at radius 2 is 1.58 bits per heavy atom. The van der Waals surface area contributed by atoms with Crippen molar-refractivity contribution in [1.82, 2.24) is 20.2 Å². The maximum Gasteiger partial charge on any atom is 0.286 e. The molecule has 0 amide bonds. The van der Waals surface area contributed by atoms with E-state index in [-0.39, 0.29) is 17.6 Å². The highest BCUT2D eigenvalue weighted by atomic mass is 19.1. The van der Waals surface area contributed by atoms with Crippen LogP contribution in [-0.2, 0) is 0 Å². The summed E-state index contributed by atoms with van der Waals surface area (Å²) in [7, 11) is 0. The van der Waals surface area contributed by atoms with Crippen LogP contribution in [-0.4, -0.2) is 20.2 Å². The molecule has 0 bridgehead atoms. The van der Waals surface area contributed by atoms with Crippen LogP contribution in [0.25, 0.3) is 34.1 Å². The van der Waals surface area contributed by atoms with Gasteiger partial charge in [-0.05, 0) is 73.5 Å². The summed E-state index contributed by atoms with van der Waals surface area (Å²) >= 11 is 0. The predicted octanol–water partition coefficient (Wildman–Crippen LogP) is 5.85. The Bertz CT molecular complexity index is 1400. The van der Waals surface area contributed by atoms with E-state index in [9.17, 15) is 4.39 Å². The zero-order valence-electron chi connectivity index (χ0n) is 16.9. The summed E-state index contributed by atoms with van der Waals surface area (Å²) in [6, 6.07) is 19.7. The van der Waals surface area contributed by atoms with Crippen LogP contribution in [0.4, 0.5) is 15.9 Å². The average Bonchev–Trinajstić information content (AvgIpc) is 3.27. The molecule has 0 spiro atoms. The second-order valence-corrected chi connectivity index (χ2v) is 7.26. The van der Waals surface area contributed by atoms with Crippen LogP contribution in [0.15, 0.2) is 71.1 Å². The zero-order chi connectivity index (χ0) is 21.4. The minimum absolute atomic E-state index is 0.188. The first-order valence-electron chi connectivity index (χ1n) is 9.78. The van der Waals surface area contributed by atoms with Crippen molar-refractivity contribution in [3.63, 3.8) is 0 Å². The Balaban J connectivity index is 1.57. The number of aryl methyl sites for hydroxylation is 2. The van der Waals surface area contributed by atoms with E-state index < -0.39 is 0 Å². The fourth-order valence-corrected chi connectivity index (χ4v) is 3.25. The van der Waals surface area contributed by atoms with Crippen molar-refractivity contribution < 1.29 is 8.81 Å². The van der Waals surface area contributed by atoms with E-state index in [1.54, 1.807) is 12.1 Å². The molecule has 0 saturated carbocycles. The van der Waals surface area contributed by atoms with Crippen molar-refractivity contribution in [2.24, 2.45) is 0 Å². The minimum atomic E-state index is -0.330. The summed E-state index contributed by atoms with van der Waals surface area (Å²) in [4.78, 5) is 9.25. The highest BCUT2D eigenvalue weighted by Gasteiger charge is 2.16. The van der Waals surface area contributed by atoms with Gasteiger partial charge in [0, 0.05) is 16.6 Å². The van der Waals surface area contributed by atoms with Crippen LogP contribution in [0.3, 0.4) is 0 Å². The van der Waals surface area contributed by atoms with E-state index in [1.807, 2.05) is 30.3 Å². The highest BCUT2D eigenvalue weighted by Crippen LogP contribution is 2.29. The number of nitrogens with zero attached hydrogens (tertiary/aromatic N) is 4. The molecule has 0 unspecified atom stereocenters. The molecule has 5 aromatic rings. The number of para-hydroxylation sites is 1. The summed E-state index contributed by atoms with van der Waals surface area (Å²) in [6.07, 6.45) is 0. The Morgan fingerprint density at radius 3 is 2.39 bits per heavy atom. The van der Waals surface area contributed by atoms with E-state index in [1.165, 1.54) is 23.3 Å². The molecule has 0 atom stereocenters. The van der Waals surface area contributed by atoms with Gasteiger partial charge < -0.3 is 9.73 Å². The van der Waals surface area contributed by atoms with Gasteiger partial charge in [0.15, 0.2) is 0 Å². The first-order valence-corrected chi connectivity index (χ1v) is 9.78. The molecule has 0 aliphatic heterocycles. The van der Waals surface area contributed by atoms with Crippen LogP contribution in [0, 0.1) is 19.7 Å². The first-order chi connectivity index (χ1) is 15.1. The smallest absolute Gasteiger partial charge is 0.286 e. The van der Waals surface area contributed by atoms with Crippen LogP contribution >= 0.6 is 0 Å². The summed E-state index contributed by atoms with van der Waals surface area (Å²) in [6.45, 7) is 4.14. The standard InChI is InChI=1S/C24H18FN5O/c1-14-7-12-18(13-15(14)2)26-21-19-5-3-4-6-20(19)27-22(28-21)24-30-29-23(31-24)16-8-10-17(25)11-9-16/h3-13H,1-2H3,(H,26,27,28). The van der Waals surface area contributed by atoms with Crippen molar-refractivity contribution in [3.8, 4) is 23.2 Å². The lowest BCUT2D eigenvalue weighted by molar-refractivity contribution is 0.579. The lowest BCUT2D eigenvalue weighted by Gasteiger charge is -2.11. The first kappa shape index (κ1) is 18.9. The Hall–Kier alpha value is -4.13. The molecule has 152 valence electrons. The van der Waals surface area contributed by atoms with E-state index in [0.29, 0.717) is 17.2 Å². The number of rotatable bonds is 4. The number of halogens is 1. The van der Waals surface area contributed by atoms with Crippen molar-refractivity contribution >= 4 is 22.4 Å². The molecule has 0 fully saturated rings. The summed E-state index contributed by atoms with van der Waals surface area (Å²) < 4.78 is 19.0. The van der Waals surface area contributed by atoms with Crippen LogP contribution < -0.4 is 5.32 Å². The molecule has 3 aromatic carbocycles. The molecule has 2 heterocycles. The van der Waals surface area contributed by atoms with Gasteiger partial charge in [-0.25, -0.2) is 14.4 Å². The van der Waals surface area contributed by atoms with Gasteiger partial charge in [-0.2, -0.15) is 0 Å². The molecule has 5 rings (SSSR count). The number of hydrogen-bond donors (Lipinski definition) is 1. The number of fused-ring (bicyclic) bond motifs is 1. The van der Waals surface area contributed by atoms with Crippen LogP contribution in [0.1, 0.15) is 11.1 Å². The van der Waals surface area contributed by atoms with E-state index in [0.717, 1.165) is 16.6 Å². The quantitative estimate of drug-likeness (QED) is 0.400. The molecule has 0 aliphatic rings. The largest absolute Gasteiger partial charge is 0.413 e. The Labute approximate surface area is 177 Å². The molecule has 0 saturated heterocycles. The fourth-order valence-electron chi connectivity index (χ4n) is 3.25. The fraction of sp³-hybridized carbons (Fsp3) is 0.0833. The molecular weight excluding hydrogens is 393 g/mol. The predicted molar refractivity (Wildman–Crippen MR) is 117 cm³/mol. The SMILES string of the molecule is Cc1ccc(Nc2nc(-c3nnc(-c4ccc(F)cc4)o3)nc3ccccc23)cc1C. The third kappa shape index (κ3) is 3.73. The molecule has 7 heteroatoms. The molecular formula is C24H18FN5O. The molecule has 6 nitrogen and oxygen atoms in total. The lowest BCUT2D eigenvalue weighted by atomic mass is 10.1. The van der Waals surface area contributed by atoms with Gasteiger partial charge in [0.2, 0.25) is 11.7 Å². The Kier molecular flexibility index (Phi) is 4.63. The van der Waals surface area contributed by atoms with Gasteiger partial charge in [0.1, 0.15) is 11.6 Å². The van der Waals surface area contributed by atoms with Crippen LogP contribution in [0.2, 0.25) is 0 Å². The molecule has 2 aromatic heterocycles. The monoisotopic (exact) mass is 411 g/mol. The average molecular weight is 411 g/mol. The normalized spacial score (nSPS) is 11.1. The second kappa shape index (κ2) is 7.60. The molecule has 1 N–H and O–H groups in total. The summed E-state index contributed by atoms with van der Waals surface area (Å²) in [5.41, 5.74) is 4.70. The summed E-state index contributed by atoms with van der Waals surface area (Å²) in [5, 5.41) is 12.4. The Morgan fingerprint density at radius 1 is 0.806 bits per heavy atom. The van der Waals surface area contributed by atoms with Crippen molar-refractivity contribution in [3.05, 3.63) is 83.7 Å². The van der Waals surface area contributed by atoms with Gasteiger partial charge in [0.25, 0.3) is 5.89 Å². The maximum atomic E-state index is 13.2. The van der Waals surface area contributed by atoms with Crippen LogP contribution in [0.5, 0.6) is 0 Å². The van der Waals surface area contributed by atoms with Gasteiger partial charge in [-0.15, -0.1) is 10.2 Å². The van der Waals surface area contributed by atoms with Gasteiger partial charge in [-0.1, -0.05) is 18.2 Å². The zero-order valence-corrected chi connectivity index (χ0v) is 16.9. The third-order valence-electron chi connectivity index (χ3n) is 5.08. The number of benzene rings is 3. The molecule has 31 heavy (non-hydrogen) atoms. The third-order valence-corrected chi connectivity index (χ3v) is 5.08. The maximum absolute atomic E-state index is 13.2. The van der Waals surface area contributed by atoms with E-state index in [2.05, 4.69) is 51.5 Å². The highest BCUT2D eigenvalue weighted by molar-refractivity contribution is 5.91. The second-order valence-electron chi connectivity index (χ2n) is 7.26. The number of nitrogens with one attached hydrogen (secondary N) is 1. The van der Waals surface area contributed by atoms with Gasteiger partial charge in [0.05, 0.1) is 5.52 Å². The van der Waals surface area contributed by atoms with Crippen molar-refractivity contribution in [2.75, 3.05) is 5.32 Å².